The molecule has 3 N–H and O–H groups in total. The van der Waals surface area contributed by atoms with E-state index in [1.54, 1.807) is 12.4 Å². The van der Waals surface area contributed by atoms with E-state index in [0.717, 1.165) is 48.6 Å². The maximum atomic E-state index is 13.7. The van der Waals surface area contributed by atoms with Crippen LogP contribution in [0.2, 0.25) is 0 Å². The monoisotopic (exact) mass is 614 g/mol. The minimum Gasteiger partial charge on any atom is -0.448 e. The molecule has 12 heteroatoms. The van der Waals surface area contributed by atoms with Crippen molar-refractivity contribution < 1.29 is 14.3 Å². The van der Waals surface area contributed by atoms with Gasteiger partial charge < -0.3 is 30.0 Å². The van der Waals surface area contributed by atoms with Crippen LogP contribution in [0.25, 0.3) is 11.1 Å². The molecule has 5 rings (SSSR count). The first-order valence-corrected chi connectivity index (χ1v) is 15.2. The number of amides is 1. The number of thioether (sulfide) groups is 1. The third-order valence-electron chi connectivity index (χ3n) is 8.06. The van der Waals surface area contributed by atoms with E-state index in [1.807, 2.05) is 58.0 Å². The van der Waals surface area contributed by atoms with Crippen LogP contribution in [0.3, 0.4) is 0 Å². The molecule has 0 radical (unpaired) electrons. The van der Waals surface area contributed by atoms with Crippen molar-refractivity contribution in [3.05, 3.63) is 57.3 Å². The van der Waals surface area contributed by atoms with Crippen molar-refractivity contribution in [2.45, 2.75) is 57.8 Å². The van der Waals surface area contributed by atoms with E-state index in [2.05, 4.69) is 25.6 Å². The number of anilines is 1. The average molecular weight is 615 g/mol. The number of hydrogen-bond donors (Lipinski definition) is 3. The summed E-state index contributed by atoms with van der Waals surface area (Å²) >= 11 is 1.48. The molecule has 10 nitrogen and oxygen atoms in total. The first kappa shape index (κ1) is 31.7. The fourth-order valence-electron chi connectivity index (χ4n) is 5.45. The van der Waals surface area contributed by atoms with Gasteiger partial charge in [0.1, 0.15) is 0 Å². The number of H-pyrrole nitrogens is 1. The van der Waals surface area contributed by atoms with Crippen molar-refractivity contribution >= 4 is 36.0 Å². The number of ether oxygens (including phenoxy) is 2. The fourth-order valence-corrected chi connectivity index (χ4v) is 6.15. The summed E-state index contributed by atoms with van der Waals surface area (Å²) in [4.78, 5) is 41.1. The fraction of sp³-hybridized carbons (Fsp3) is 0.467. The van der Waals surface area contributed by atoms with Crippen molar-refractivity contribution in [1.29, 1.82) is 0 Å². The number of benzene rings is 1. The largest absolute Gasteiger partial charge is 0.448 e. The second kappa shape index (κ2) is 12.9. The Hall–Kier alpha value is -3.28. The first-order chi connectivity index (χ1) is 19.6. The molecule has 1 atom stereocenters. The molecular formula is C30H39ClN6O4S. The molecule has 1 saturated heterocycles. The molecule has 0 bridgehead atoms. The van der Waals surface area contributed by atoms with E-state index in [0.29, 0.717) is 39.7 Å². The van der Waals surface area contributed by atoms with Crippen LogP contribution in [-0.2, 0) is 6.54 Å². The van der Waals surface area contributed by atoms with Crippen LogP contribution in [0.15, 0.2) is 34.2 Å². The molecule has 1 amide bonds. The van der Waals surface area contributed by atoms with E-state index in [4.69, 9.17) is 9.47 Å². The Labute approximate surface area is 256 Å². The molecule has 2 aromatic heterocycles. The number of aryl methyl sites for hydroxylation is 1. The quantitative estimate of drug-likeness (QED) is 0.316. The van der Waals surface area contributed by atoms with Crippen LogP contribution in [0, 0.1) is 19.8 Å². The lowest BCUT2D eigenvalue weighted by Crippen LogP contribution is -2.47. The Bertz CT molecular complexity index is 1510. The van der Waals surface area contributed by atoms with Crippen LogP contribution < -0.4 is 30.6 Å². The highest BCUT2D eigenvalue weighted by Gasteiger charge is 2.46. The number of rotatable bonds is 8. The second-order valence-corrected chi connectivity index (χ2v) is 11.6. The highest BCUT2D eigenvalue weighted by molar-refractivity contribution is 7.98. The lowest BCUT2D eigenvalue weighted by atomic mass is 9.90. The molecule has 3 aromatic rings. The molecule has 4 heterocycles. The van der Waals surface area contributed by atoms with Crippen molar-refractivity contribution in [2.75, 3.05) is 37.8 Å². The molecular weight excluding hydrogens is 576 g/mol. The summed E-state index contributed by atoms with van der Waals surface area (Å²) in [5, 5.41) is 6.36. The predicted molar refractivity (Wildman–Crippen MR) is 168 cm³/mol. The number of fused-ring (bicyclic) bond motifs is 1. The van der Waals surface area contributed by atoms with Gasteiger partial charge in [0.15, 0.2) is 11.5 Å². The minimum atomic E-state index is -0.856. The SMILES string of the molecule is CCN(C)c1ncc(-c2cc(C(=O)NCc3c(SC)cc(C)[nH]c3=O)c(C)c3c2OC(C)(C2CCNCC2)O3)cn1.Cl. The summed E-state index contributed by atoms with van der Waals surface area (Å²) in [6.07, 6.45) is 7.27. The lowest BCUT2D eigenvalue weighted by molar-refractivity contribution is -0.117. The van der Waals surface area contributed by atoms with E-state index >= 15 is 0 Å². The van der Waals surface area contributed by atoms with Crippen LogP contribution >= 0.6 is 24.2 Å². The molecule has 1 fully saturated rings. The summed E-state index contributed by atoms with van der Waals surface area (Å²) in [6.45, 7) is 10.4. The Morgan fingerprint density at radius 3 is 2.48 bits per heavy atom. The van der Waals surface area contributed by atoms with Gasteiger partial charge in [-0.05, 0) is 65.1 Å². The Balaban J connectivity index is 0.00000405. The number of halogens is 1. The van der Waals surface area contributed by atoms with Gasteiger partial charge in [0.05, 0.1) is 0 Å². The smallest absolute Gasteiger partial charge is 0.254 e. The molecule has 0 spiro atoms. The number of carbonyl (C=O) groups is 1. The number of hydrogen-bond acceptors (Lipinski definition) is 9. The number of piperidine rings is 1. The van der Waals surface area contributed by atoms with Crippen molar-refractivity contribution in [3.63, 3.8) is 0 Å². The zero-order valence-corrected chi connectivity index (χ0v) is 26.6. The number of pyridine rings is 1. The van der Waals surface area contributed by atoms with Crippen LogP contribution in [0.1, 0.15) is 53.9 Å². The van der Waals surface area contributed by atoms with Gasteiger partial charge in [-0.3, -0.25) is 9.59 Å². The molecule has 2 aliphatic heterocycles. The zero-order valence-electron chi connectivity index (χ0n) is 24.9. The van der Waals surface area contributed by atoms with Crippen molar-refractivity contribution in [2.24, 2.45) is 5.92 Å². The van der Waals surface area contributed by atoms with E-state index in [-0.39, 0.29) is 36.3 Å². The van der Waals surface area contributed by atoms with Gasteiger partial charge in [0.2, 0.25) is 5.95 Å². The van der Waals surface area contributed by atoms with Gasteiger partial charge in [-0.2, -0.15) is 0 Å². The molecule has 42 heavy (non-hydrogen) atoms. The standard InChI is InChI=1S/C30H38N6O4S.ClH/c1-7-36(5)29-33-14-19(15-34-29)22-13-21(27(37)32-16-23-24(41-6)12-17(2)35-28(23)38)18(3)25-26(22)40-30(4,39-25)20-8-10-31-11-9-20;/h12-15,20,31H,7-11,16H2,1-6H3,(H,32,37)(H,35,38);1H. The Kier molecular flexibility index (Phi) is 9.74. The van der Waals surface area contributed by atoms with Gasteiger partial charge in [-0.15, -0.1) is 24.2 Å². The van der Waals surface area contributed by atoms with Gasteiger partial charge in [-0.25, -0.2) is 9.97 Å². The van der Waals surface area contributed by atoms with E-state index in [9.17, 15) is 9.59 Å². The van der Waals surface area contributed by atoms with Crippen molar-refractivity contribution in [1.82, 2.24) is 25.6 Å². The minimum absolute atomic E-state index is 0. The number of nitrogens with zero attached hydrogens (tertiary/aromatic N) is 3. The normalized spacial score (nSPS) is 18.0. The maximum Gasteiger partial charge on any atom is 0.254 e. The third-order valence-corrected chi connectivity index (χ3v) is 8.86. The van der Waals surface area contributed by atoms with Gasteiger partial charge >= 0.3 is 0 Å². The first-order valence-electron chi connectivity index (χ1n) is 14.0. The molecule has 2 aliphatic rings. The van der Waals surface area contributed by atoms with E-state index in [1.165, 1.54) is 11.8 Å². The van der Waals surface area contributed by atoms with Gasteiger partial charge in [0, 0.05) is 83.8 Å². The molecule has 1 unspecified atom stereocenters. The van der Waals surface area contributed by atoms with Crippen LogP contribution in [0.5, 0.6) is 11.5 Å². The Morgan fingerprint density at radius 2 is 1.83 bits per heavy atom. The molecule has 1 aromatic carbocycles. The summed E-state index contributed by atoms with van der Waals surface area (Å²) in [7, 11) is 1.93. The number of carbonyl (C=O) groups excluding carboxylic acids is 1. The summed E-state index contributed by atoms with van der Waals surface area (Å²) in [5.74, 6) is 0.797. The second-order valence-electron chi connectivity index (χ2n) is 10.8. The zero-order chi connectivity index (χ0) is 29.3. The number of nitrogens with one attached hydrogen (secondary N) is 3. The highest BCUT2D eigenvalue weighted by atomic mass is 35.5. The average Bonchev–Trinajstić information content (AvgIpc) is 3.35. The molecule has 0 saturated carbocycles. The number of aromatic nitrogens is 3. The number of aromatic amines is 1. The summed E-state index contributed by atoms with van der Waals surface area (Å²) < 4.78 is 13.2. The van der Waals surface area contributed by atoms with Gasteiger partial charge in [-0.1, -0.05) is 0 Å². The Morgan fingerprint density at radius 1 is 1.17 bits per heavy atom. The topological polar surface area (TPSA) is 121 Å². The van der Waals surface area contributed by atoms with Crippen molar-refractivity contribution in [3.8, 4) is 22.6 Å². The van der Waals surface area contributed by atoms with Gasteiger partial charge in [0.25, 0.3) is 17.3 Å². The molecule has 0 aliphatic carbocycles. The van der Waals surface area contributed by atoms with E-state index < -0.39 is 5.79 Å². The van der Waals surface area contributed by atoms with Crippen LogP contribution in [-0.4, -0.2) is 59.6 Å². The molecule has 226 valence electrons. The summed E-state index contributed by atoms with van der Waals surface area (Å²) in [6, 6.07) is 3.73. The maximum absolute atomic E-state index is 13.7. The van der Waals surface area contributed by atoms with Crippen LogP contribution in [0.4, 0.5) is 5.95 Å². The summed E-state index contributed by atoms with van der Waals surface area (Å²) in [5.41, 5.74) is 3.65. The lowest BCUT2D eigenvalue weighted by Gasteiger charge is -2.35. The third kappa shape index (κ3) is 6.09. The predicted octanol–water partition coefficient (Wildman–Crippen LogP) is 4.47. The highest BCUT2D eigenvalue weighted by Crippen LogP contribution is 2.52.